The number of halogens is 2. The molecule has 1 aliphatic rings. The molecule has 0 unspecified atom stereocenters. The second kappa shape index (κ2) is 3.21. The zero-order valence-corrected chi connectivity index (χ0v) is 8.78. The molecule has 0 N–H and O–H groups in total. The molecule has 76 valence electrons. The summed E-state index contributed by atoms with van der Waals surface area (Å²) < 4.78 is 35.2. The molecule has 5 heteroatoms. The van der Waals surface area contributed by atoms with Crippen molar-refractivity contribution in [2.24, 2.45) is 0 Å². The van der Waals surface area contributed by atoms with Crippen molar-refractivity contribution in [3.05, 3.63) is 29.6 Å². The molecule has 1 saturated carbocycles. The van der Waals surface area contributed by atoms with E-state index in [-0.39, 0.29) is 16.6 Å². The molecule has 0 atom stereocenters. The van der Waals surface area contributed by atoms with E-state index in [4.69, 9.17) is 10.7 Å². The monoisotopic (exact) mass is 234 g/mol. The molecule has 1 aliphatic carbocycles. The van der Waals surface area contributed by atoms with Gasteiger partial charge in [0.2, 0.25) is 0 Å². The molecule has 1 fully saturated rings. The van der Waals surface area contributed by atoms with Gasteiger partial charge in [0.25, 0.3) is 9.05 Å². The van der Waals surface area contributed by atoms with E-state index >= 15 is 0 Å². The average Bonchev–Trinajstić information content (AvgIpc) is 2.85. The quantitative estimate of drug-likeness (QED) is 0.738. The highest BCUT2D eigenvalue weighted by molar-refractivity contribution is 8.13. The van der Waals surface area contributed by atoms with Crippen molar-refractivity contribution in [1.82, 2.24) is 0 Å². The number of rotatable bonds is 2. The summed E-state index contributed by atoms with van der Waals surface area (Å²) in [7, 11) is 1.42. The molecule has 1 aromatic rings. The summed E-state index contributed by atoms with van der Waals surface area (Å²) in [5.41, 5.74) is 0.465. The zero-order valence-electron chi connectivity index (χ0n) is 7.20. The van der Waals surface area contributed by atoms with Crippen LogP contribution in [0.25, 0.3) is 0 Å². The maximum absolute atomic E-state index is 13.2. The topological polar surface area (TPSA) is 34.1 Å². The van der Waals surface area contributed by atoms with Crippen molar-refractivity contribution in [3.8, 4) is 0 Å². The first-order valence-corrected chi connectivity index (χ1v) is 6.53. The minimum atomic E-state index is -3.74. The molecule has 0 radical (unpaired) electrons. The molecule has 0 aromatic heterocycles. The lowest BCUT2D eigenvalue weighted by Crippen LogP contribution is -1.94. The SMILES string of the molecule is O=S(=O)(Cl)c1ccc(F)c(C2CC2)c1. The molecular weight excluding hydrogens is 227 g/mol. The van der Waals surface area contributed by atoms with E-state index in [2.05, 4.69) is 0 Å². The summed E-state index contributed by atoms with van der Waals surface area (Å²) in [6.45, 7) is 0. The van der Waals surface area contributed by atoms with E-state index < -0.39 is 9.05 Å². The highest BCUT2D eigenvalue weighted by Crippen LogP contribution is 2.42. The van der Waals surface area contributed by atoms with Gasteiger partial charge in [0.05, 0.1) is 4.90 Å². The summed E-state index contributed by atoms with van der Waals surface area (Å²) >= 11 is 0. The fourth-order valence-electron chi connectivity index (χ4n) is 1.38. The first kappa shape index (κ1) is 9.93. The van der Waals surface area contributed by atoms with Crippen molar-refractivity contribution in [2.45, 2.75) is 23.7 Å². The molecule has 0 spiro atoms. The Morgan fingerprint density at radius 1 is 1.36 bits per heavy atom. The van der Waals surface area contributed by atoms with Crippen LogP contribution >= 0.6 is 10.7 Å². The van der Waals surface area contributed by atoms with Gasteiger partial charge in [-0.2, -0.15) is 0 Å². The third-order valence-electron chi connectivity index (χ3n) is 2.27. The van der Waals surface area contributed by atoms with E-state index in [9.17, 15) is 12.8 Å². The second-order valence-electron chi connectivity index (χ2n) is 3.40. The first-order chi connectivity index (χ1) is 6.48. The lowest BCUT2D eigenvalue weighted by atomic mass is 10.1. The Labute approximate surface area is 86.1 Å². The fraction of sp³-hybridized carbons (Fsp3) is 0.333. The zero-order chi connectivity index (χ0) is 10.3. The standard InChI is InChI=1S/C9H8ClFO2S/c10-14(12,13)7-3-4-9(11)8(5-7)6-1-2-6/h3-6H,1-2H2. The van der Waals surface area contributed by atoms with Crippen LogP contribution in [-0.4, -0.2) is 8.42 Å². The number of hydrogen-bond donors (Lipinski definition) is 0. The Hall–Kier alpha value is -0.610. The number of benzene rings is 1. The van der Waals surface area contributed by atoms with Gasteiger partial charge in [-0.3, -0.25) is 0 Å². The molecule has 0 saturated heterocycles. The maximum atomic E-state index is 13.2. The van der Waals surface area contributed by atoms with Crippen LogP contribution in [0.1, 0.15) is 24.3 Å². The van der Waals surface area contributed by atoms with E-state index in [1.54, 1.807) is 0 Å². The van der Waals surface area contributed by atoms with E-state index in [0.717, 1.165) is 18.9 Å². The Bertz CT molecular complexity index is 466. The molecule has 0 bridgehead atoms. The lowest BCUT2D eigenvalue weighted by Gasteiger charge is -2.02. The molecule has 0 amide bonds. The Morgan fingerprint density at radius 3 is 2.50 bits per heavy atom. The summed E-state index contributed by atoms with van der Waals surface area (Å²) in [4.78, 5) is -0.0255. The van der Waals surface area contributed by atoms with E-state index in [0.29, 0.717) is 5.56 Å². The van der Waals surface area contributed by atoms with E-state index in [1.165, 1.54) is 12.1 Å². The average molecular weight is 235 g/mol. The first-order valence-electron chi connectivity index (χ1n) is 4.22. The third-order valence-corrected chi connectivity index (χ3v) is 3.62. The molecule has 14 heavy (non-hydrogen) atoms. The predicted octanol–water partition coefficient (Wildman–Crippen LogP) is 2.63. The number of hydrogen-bond acceptors (Lipinski definition) is 2. The largest absolute Gasteiger partial charge is 0.261 e. The smallest absolute Gasteiger partial charge is 0.207 e. The maximum Gasteiger partial charge on any atom is 0.261 e. The van der Waals surface area contributed by atoms with Crippen molar-refractivity contribution < 1.29 is 12.8 Å². The predicted molar refractivity (Wildman–Crippen MR) is 51.4 cm³/mol. The molecular formula is C9H8ClFO2S. The van der Waals surface area contributed by atoms with Crippen LogP contribution in [0.3, 0.4) is 0 Å². The third kappa shape index (κ3) is 1.91. The summed E-state index contributed by atoms with van der Waals surface area (Å²) in [5, 5.41) is 0. The highest BCUT2D eigenvalue weighted by atomic mass is 35.7. The van der Waals surface area contributed by atoms with Crippen molar-refractivity contribution >= 4 is 19.7 Å². The van der Waals surface area contributed by atoms with Gasteiger partial charge in [0, 0.05) is 10.7 Å². The van der Waals surface area contributed by atoms with Crippen molar-refractivity contribution in [1.29, 1.82) is 0 Å². The molecule has 1 aromatic carbocycles. The summed E-state index contributed by atoms with van der Waals surface area (Å²) in [5.74, 6) is -0.176. The molecule has 2 rings (SSSR count). The van der Waals surface area contributed by atoms with E-state index in [1.807, 2.05) is 0 Å². The van der Waals surface area contributed by atoms with Gasteiger partial charge in [0.15, 0.2) is 0 Å². The molecule has 2 nitrogen and oxygen atoms in total. The van der Waals surface area contributed by atoms with Crippen molar-refractivity contribution in [3.63, 3.8) is 0 Å². The van der Waals surface area contributed by atoms with Gasteiger partial charge >= 0.3 is 0 Å². The van der Waals surface area contributed by atoms with Crippen LogP contribution in [0, 0.1) is 5.82 Å². The fourth-order valence-corrected chi connectivity index (χ4v) is 2.17. The molecule has 0 heterocycles. The second-order valence-corrected chi connectivity index (χ2v) is 5.96. The minimum Gasteiger partial charge on any atom is -0.207 e. The lowest BCUT2D eigenvalue weighted by molar-refractivity contribution is 0.602. The van der Waals surface area contributed by atoms with Crippen LogP contribution in [-0.2, 0) is 9.05 Å². The van der Waals surface area contributed by atoms with Crippen molar-refractivity contribution in [2.75, 3.05) is 0 Å². The molecule has 0 aliphatic heterocycles. The van der Waals surface area contributed by atoms with Gasteiger partial charge in [-0.05, 0) is 42.5 Å². The van der Waals surface area contributed by atoms with Gasteiger partial charge in [-0.25, -0.2) is 12.8 Å². The van der Waals surface area contributed by atoms with Crippen LogP contribution in [0.5, 0.6) is 0 Å². The van der Waals surface area contributed by atoms with Gasteiger partial charge in [0.1, 0.15) is 5.82 Å². The Morgan fingerprint density at radius 2 is 2.00 bits per heavy atom. The van der Waals surface area contributed by atoms with Crippen LogP contribution in [0.2, 0.25) is 0 Å². The van der Waals surface area contributed by atoms with Crippen LogP contribution in [0.4, 0.5) is 4.39 Å². The van der Waals surface area contributed by atoms with Gasteiger partial charge in [-0.15, -0.1) is 0 Å². The van der Waals surface area contributed by atoms with Crippen LogP contribution < -0.4 is 0 Å². The normalized spacial score (nSPS) is 17.0. The minimum absolute atomic E-state index is 0.0255. The summed E-state index contributed by atoms with van der Waals surface area (Å²) in [6, 6.07) is 3.67. The van der Waals surface area contributed by atoms with Gasteiger partial charge in [-0.1, -0.05) is 0 Å². The Balaban J connectivity index is 2.51. The highest BCUT2D eigenvalue weighted by Gasteiger charge is 2.27. The van der Waals surface area contributed by atoms with Crippen LogP contribution in [0.15, 0.2) is 23.1 Å². The van der Waals surface area contributed by atoms with Gasteiger partial charge < -0.3 is 0 Å². The summed E-state index contributed by atoms with van der Waals surface area (Å²) in [6.07, 6.45) is 1.84. The Kier molecular flexibility index (Phi) is 2.27.